The normalized spacial score (nSPS) is 19.8. The van der Waals surface area contributed by atoms with Gasteiger partial charge in [0.15, 0.2) is 0 Å². The number of halogens is 3. The number of ether oxygens (including phenoxy) is 2. The highest BCUT2D eigenvalue weighted by atomic mass is 19.4. The maximum Gasteiger partial charge on any atom is 0.490 e. The number of H-pyrrole nitrogens is 1. The lowest BCUT2D eigenvalue weighted by Gasteiger charge is -2.52. The monoisotopic (exact) mass is 442 g/mol. The highest BCUT2D eigenvalue weighted by Gasteiger charge is 2.49. The Morgan fingerprint density at radius 3 is 2.65 bits per heavy atom. The van der Waals surface area contributed by atoms with Gasteiger partial charge in [-0.3, -0.25) is 14.9 Å². The third kappa shape index (κ3) is 6.01. The van der Waals surface area contributed by atoms with E-state index in [1.54, 1.807) is 23.4 Å². The summed E-state index contributed by atoms with van der Waals surface area (Å²) in [7, 11) is 0. The molecule has 31 heavy (non-hydrogen) atoms. The molecule has 4 heterocycles. The number of aromatic amines is 1. The van der Waals surface area contributed by atoms with Crippen LogP contribution in [0.25, 0.3) is 0 Å². The van der Waals surface area contributed by atoms with Gasteiger partial charge in [0.1, 0.15) is 11.3 Å². The molecule has 0 bridgehead atoms. The summed E-state index contributed by atoms with van der Waals surface area (Å²) in [6.07, 6.45) is 1.94. The first kappa shape index (κ1) is 22.7. The number of carboxylic acid groups (broad SMARTS) is 1. The fourth-order valence-electron chi connectivity index (χ4n) is 3.38. The average Bonchev–Trinajstić information content (AvgIpc) is 3.25. The summed E-state index contributed by atoms with van der Waals surface area (Å²) < 4.78 is 43.7. The first-order valence-corrected chi connectivity index (χ1v) is 9.42. The van der Waals surface area contributed by atoms with E-state index in [0.717, 1.165) is 18.4 Å². The molecular weight excluding hydrogens is 421 g/mol. The van der Waals surface area contributed by atoms with E-state index in [0.29, 0.717) is 32.0 Å². The zero-order chi connectivity index (χ0) is 22.5. The molecule has 2 N–H and O–H groups in total. The van der Waals surface area contributed by atoms with Crippen LogP contribution in [0.1, 0.15) is 28.9 Å². The summed E-state index contributed by atoms with van der Waals surface area (Å²) in [6.45, 7) is 2.45. The fraction of sp³-hybridized carbons (Fsp3) is 0.474. The van der Waals surface area contributed by atoms with Crippen LogP contribution in [0.15, 0.2) is 36.8 Å². The number of hydrogen-bond donors (Lipinski definition) is 2. The number of carboxylic acids is 1. The summed E-state index contributed by atoms with van der Waals surface area (Å²) in [5, 5.41) is 13.7. The van der Waals surface area contributed by atoms with Crippen LogP contribution in [-0.2, 0) is 20.9 Å². The van der Waals surface area contributed by atoms with Gasteiger partial charge in [0.2, 0.25) is 0 Å². The summed E-state index contributed by atoms with van der Waals surface area (Å²) in [5.74, 6) is -2.78. The first-order valence-electron chi connectivity index (χ1n) is 9.42. The van der Waals surface area contributed by atoms with E-state index in [1.165, 1.54) is 0 Å². The smallest absolute Gasteiger partial charge is 0.475 e. The molecule has 1 spiro atoms. The van der Waals surface area contributed by atoms with Gasteiger partial charge in [-0.1, -0.05) is 6.07 Å². The van der Waals surface area contributed by atoms with Gasteiger partial charge < -0.3 is 19.5 Å². The van der Waals surface area contributed by atoms with Crippen LogP contribution in [0.2, 0.25) is 0 Å². The Hall–Kier alpha value is -2.99. The number of alkyl halides is 3. The van der Waals surface area contributed by atoms with Crippen LogP contribution in [0.3, 0.4) is 0 Å². The van der Waals surface area contributed by atoms with E-state index in [1.807, 2.05) is 18.3 Å². The van der Waals surface area contributed by atoms with Gasteiger partial charge in [-0.15, -0.1) is 0 Å². The molecule has 2 aliphatic rings. The first-order chi connectivity index (χ1) is 14.7. The van der Waals surface area contributed by atoms with E-state index in [4.69, 9.17) is 19.4 Å². The molecule has 0 radical (unpaired) electrons. The lowest BCUT2D eigenvalue weighted by Crippen LogP contribution is -2.67. The lowest BCUT2D eigenvalue weighted by atomic mass is 9.84. The molecule has 12 heteroatoms. The topological polar surface area (TPSA) is 118 Å². The van der Waals surface area contributed by atoms with E-state index < -0.39 is 12.1 Å². The molecule has 9 nitrogen and oxygen atoms in total. The van der Waals surface area contributed by atoms with Crippen LogP contribution in [0, 0.1) is 0 Å². The van der Waals surface area contributed by atoms with E-state index in [9.17, 15) is 18.0 Å². The fourth-order valence-corrected chi connectivity index (χ4v) is 3.38. The van der Waals surface area contributed by atoms with Crippen molar-refractivity contribution >= 4 is 11.9 Å². The number of nitrogens with one attached hydrogen (secondary N) is 1. The lowest BCUT2D eigenvalue weighted by molar-refractivity contribution is -0.192. The Labute approximate surface area is 175 Å². The average molecular weight is 442 g/mol. The van der Waals surface area contributed by atoms with Gasteiger partial charge in [0.05, 0.1) is 25.8 Å². The number of nitrogens with zero attached hydrogens (tertiary/aromatic N) is 3. The molecule has 1 amide bonds. The van der Waals surface area contributed by atoms with Gasteiger partial charge in [-0.05, 0) is 24.1 Å². The Morgan fingerprint density at radius 1 is 1.32 bits per heavy atom. The highest BCUT2D eigenvalue weighted by Crippen LogP contribution is 2.36. The van der Waals surface area contributed by atoms with E-state index in [-0.39, 0.29) is 17.6 Å². The van der Waals surface area contributed by atoms with Crippen molar-refractivity contribution in [1.82, 2.24) is 20.1 Å². The number of aromatic nitrogens is 3. The molecule has 0 saturated carbocycles. The van der Waals surface area contributed by atoms with Crippen LogP contribution in [0.4, 0.5) is 13.2 Å². The minimum atomic E-state index is -5.08. The molecule has 2 fully saturated rings. The van der Waals surface area contributed by atoms with E-state index in [2.05, 4.69) is 15.2 Å². The van der Waals surface area contributed by atoms with Gasteiger partial charge in [-0.25, -0.2) is 4.79 Å². The zero-order valence-electron chi connectivity index (χ0n) is 16.3. The standard InChI is InChI=1S/C17H20N4O3.C2HF3O2/c22-16(15-3-6-19-20-15)21-11-17(12-21)8-14(4-7-24-17)23-10-13-2-1-5-18-9-13;3-2(4,5)1(6)7/h1-3,5-6,9,14H,4,7-8,10-12H2,(H,19,20);(H,6,7). The minimum absolute atomic E-state index is 0.0277. The van der Waals surface area contributed by atoms with Crippen molar-refractivity contribution in [2.24, 2.45) is 0 Å². The van der Waals surface area contributed by atoms with Crippen LogP contribution in [0.5, 0.6) is 0 Å². The third-order valence-corrected chi connectivity index (χ3v) is 4.88. The van der Waals surface area contributed by atoms with E-state index >= 15 is 0 Å². The predicted molar refractivity (Wildman–Crippen MR) is 98.9 cm³/mol. The summed E-state index contributed by atoms with van der Waals surface area (Å²) in [6, 6.07) is 5.61. The molecule has 168 valence electrons. The largest absolute Gasteiger partial charge is 0.490 e. The second-order valence-electron chi connectivity index (χ2n) is 7.25. The van der Waals surface area contributed by atoms with Crippen LogP contribution >= 0.6 is 0 Å². The van der Waals surface area contributed by atoms with Crippen molar-refractivity contribution in [1.29, 1.82) is 0 Å². The molecule has 1 atom stereocenters. The Balaban J connectivity index is 0.000000339. The van der Waals surface area contributed by atoms with Crippen molar-refractivity contribution in [2.75, 3.05) is 19.7 Å². The maximum atomic E-state index is 12.3. The van der Waals surface area contributed by atoms with Crippen molar-refractivity contribution in [2.45, 2.75) is 37.3 Å². The molecule has 2 saturated heterocycles. The van der Waals surface area contributed by atoms with Gasteiger partial charge in [0.25, 0.3) is 5.91 Å². The van der Waals surface area contributed by atoms with Crippen molar-refractivity contribution in [3.05, 3.63) is 48.0 Å². The zero-order valence-corrected chi connectivity index (χ0v) is 16.3. The van der Waals surface area contributed by atoms with Gasteiger partial charge >= 0.3 is 12.1 Å². The number of carbonyl (C=O) groups is 2. The van der Waals surface area contributed by atoms with Crippen molar-refractivity contribution < 1.29 is 37.3 Å². The number of aliphatic carboxylic acids is 1. The molecule has 4 rings (SSSR count). The molecule has 2 aromatic heterocycles. The molecule has 0 aliphatic carbocycles. The van der Waals surface area contributed by atoms with Crippen molar-refractivity contribution in [3.63, 3.8) is 0 Å². The minimum Gasteiger partial charge on any atom is -0.475 e. The number of rotatable bonds is 4. The van der Waals surface area contributed by atoms with Gasteiger partial charge in [0, 0.05) is 31.6 Å². The molecular formula is C19H21F3N4O5. The van der Waals surface area contributed by atoms with Crippen LogP contribution in [-0.4, -0.2) is 74.6 Å². The Kier molecular flexibility index (Phi) is 6.91. The number of carbonyl (C=O) groups excluding carboxylic acids is 1. The van der Waals surface area contributed by atoms with Crippen molar-refractivity contribution in [3.8, 4) is 0 Å². The van der Waals surface area contributed by atoms with Crippen LogP contribution < -0.4 is 0 Å². The Morgan fingerprint density at radius 2 is 2.06 bits per heavy atom. The number of hydrogen-bond acceptors (Lipinski definition) is 6. The quantitative estimate of drug-likeness (QED) is 0.744. The number of pyridine rings is 1. The van der Waals surface area contributed by atoms with Gasteiger partial charge in [-0.2, -0.15) is 18.3 Å². The second kappa shape index (κ2) is 9.43. The number of amides is 1. The highest BCUT2D eigenvalue weighted by molar-refractivity contribution is 5.92. The third-order valence-electron chi connectivity index (χ3n) is 4.88. The molecule has 1 unspecified atom stereocenters. The summed E-state index contributed by atoms with van der Waals surface area (Å²) in [4.78, 5) is 27.1. The molecule has 0 aromatic carbocycles. The SMILES string of the molecule is O=C(O)C(F)(F)F.O=C(c1ccn[nH]1)N1CC2(CC(OCc3cccnc3)CCO2)C1. The molecule has 2 aliphatic heterocycles. The number of likely N-dealkylation sites (tertiary alicyclic amines) is 1. The molecule has 2 aromatic rings. The summed E-state index contributed by atoms with van der Waals surface area (Å²) in [5.41, 5.74) is 1.33. The summed E-state index contributed by atoms with van der Waals surface area (Å²) >= 11 is 0. The Bertz CT molecular complexity index is 870. The second-order valence-corrected chi connectivity index (χ2v) is 7.25. The maximum absolute atomic E-state index is 12.3. The predicted octanol–water partition coefficient (Wildman–Crippen LogP) is 2.03.